The topological polar surface area (TPSA) is 54.4 Å². The molecule has 4 heteroatoms. The zero-order chi connectivity index (χ0) is 10.6. The van der Waals surface area contributed by atoms with Crippen LogP contribution in [-0.4, -0.2) is 20.3 Å². The Labute approximate surface area is 86.6 Å². The summed E-state index contributed by atoms with van der Waals surface area (Å²) < 4.78 is 19.9. The van der Waals surface area contributed by atoms with Crippen LogP contribution in [0.4, 0.5) is 0 Å². The Morgan fingerprint density at radius 3 is 2.57 bits per heavy atom. The molecule has 0 aromatic carbocycles. The number of hydrogen-bond acceptors (Lipinski definition) is 2. The number of ketones is 1. The molecule has 2 saturated carbocycles. The second-order valence-corrected chi connectivity index (χ2v) is 6.06. The fourth-order valence-electron chi connectivity index (χ4n) is 3.32. The van der Waals surface area contributed by atoms with Crippen LogP contribution in [-0.2, 0) is 15.9 Å². The molecule has 0 spiro atoms. The highest BCUT2D eigenvalue weighted by atomic mass is 32.2. The van der Waals surface area contributed by atoms with Crippen LogP contribution in [0.2, 0.25) is 0 Å². The zero-order valence-electron chi connectivity index (χ0n) is 8.58. The highest BCUT2D eigenvalue weighted by Gasteiger charge is 2.64. The van der Waals surface area contributed by atoms with E-state index < -0.39 is 16.5 Å². The summed E-state index contributed by atoms with van der Waals surface area (Å²) in [5.74, 6) is 0.773. The summed E-state index contributed by atoms with van der Waals surface area (Å²) in [4.78, 5) is 11.9. The van der Waals surface area contributed by atoms with Gasteiger partial charge in [0.25, 0.3) is 0 Å². The van der Waals surface area contributed by atoms with Crippen LogP contribution in [0.5, 0.6) is 0 Å². The monoisotopic (exact) mass is 216 g/mol. The highest BCUT2D eigenvalue weighted by molar-refractivity contribution is 7.79. The van der Waals surface area contributed by atoms with Crippen molar-refractivity contribution in [3.63, 3.8) is 0 Å². The molecule has 0 radical (unpaired) electrons. The lowest BCUT2D eigenvalue weighted by Gasteiger charge is -2.35. The molecule has 2 aliphatic rings. The molecule has 1 N–H and O–H groups in total. The average Bonchev–Trinajstić information content (AvgIpc) is 2.36. The van der Waals surface area contributed by atoms with E-state index in [0.29, 0.717) is 12.3 Å². The Bertz CT molecular complexity index is 310. The molecule has 0 aliphatic heterocycles. The summed E-state index contributed by atoms with van der Waals surface area (Å²) in [5.41, 5.74) is -0.584. The van der Waals surface area contributed by atoms with Gasteiger partial charge in [-0.15, -0.1) is 0 Å². The number of rotatable bonds is 2. The van der Waals surface area contributed by atoms with Gasteiger partial charge in [-0.25, -0.2) is 4.21 Å². The lowest BCUT2D eigenvalue weighted by atomic mass is 9.70. The van der Waals surface area contributed by atoms with Gasteiger partial charge < -0.3 is 4.55 Å². The van der Waals surface area contributed by atoms with Crippen molar-refractivity contribution in [2.45, 2.75) is 33.1 Å². The summed E-state index contributed by atoms with van der Waals surface area (Å²) in [6, 6.07) is 0. The van der Waals surface area contributed by atoms with Crippen molar-refractivity contribution in [3.05, 3.63) is 0 Å². The number of hydrogen-bond donors (Lipinski definition) is 1. The van der Waals surface area contributed by atoms with Crippen molar-refractivity contribution >= 4 is 16.9 Å². The van der Waals surface area contributed by atoms with E-state index >= 15 is 0 Å². The van der Waals surface area contributed by atoms with Gasteiger partial charge in [0.1, 0.15) is 5.78 Å². The minimum absolute atomic E-state index is 0.0809. The maximum Gasteiger partial charge on any atom is 0.153 e. The van der Waals surface area contributed by atoms with Crippen molar-refractivity contribution in [3.8, 4) is 0 Å². The second-order valence-electron chi connectivity index (χ2n) is 5.13. The predicted octanol–water partition coefficient (Wildman–Crippen LogP) is 1.60. The van der Waals surface area contributed by atoms with Crippen molar-refractivity contribution in [2.24, 2.45) is 16.7 Å². The third kappa shape index (κ3) is 1.07. The summed E-state index contributed by atoms with van der Waals surface area (Å²) in [7, 11) is 0. The molecule has 0 amide bonds. The second kappa shape index (κ2) is 2.89. The molecule has 2 bridgehead atoms. The van der Waals surface area contributed by atoms with Crippen LogP contribution in [0.25, 0.3) is 0 Å². The summed E-state index contributed by atoms with van der Waals surface area (Å²) in [6.45, 7) is 4.14. The Morgan fingerprint density at radius 2 is 2.21 bits per heavy atom. The zero-order valence-corrected chi connectivity index (χ0v) is 9.39. The van der Waals surface area contributed by atoms with Crippen LogP contribution in [0.3, 0.4) is 0 Å². The van der Waals surface area contributed by atoms with E-state index in [0.717, 1.165) is 12.8 Å². The number of Topliss-reactive ketones (excluding diaryl/α,β-unsaturated/α-hetero) is 1. The third-order valence-electron chi connectivity index (χ3n) is 4.51. The highest BCUT2D eigenvalue weighted by Crippen LogP contribution is 2.63. The van der Waals surface area contributed by atoms with E-state index in [1.54, 1.807) is 0 Å². The van der Waals surface area contributed by atoms with E-state index in [1.165, 1.54) is 0 Å². The molecule has 0 aromatic rings. The van der Waals surface area contributed by atoms with Gasteiger partial charge in [-0.3, -0.25) is 4.79 Å². The average molecular weight is 216 g/mol. The largest absolute Gasteiger partial charge is 0.306 e. The van der Waals surface area contributed by atoms with Crippen LogP contribution in [0, 0.1) is 16.7 Å². The number of carbonyl (C=O) groups excluding carboxylic acids is 1. The smallest absolute Gasteiger partial charge is 0.153 e. The first kappa shape index (κ1) is 10.3. The molecule has 2 aliphatic carbocycles. The van der Waals surface area contributed by atoms with E-state index in [2.05, 4.69) is 13.8 Å². The van der Waals surface area contributed by atoms with Crippen LogP contribution in [0.15, 0.2) is 0 Å². The van der Waals surface area contributed by atoms with Gasteiger partial charge in [0.05, 0.1) is 5.75 Å². The standard InChI is InChI=1S/C10H16O3S/c1-9(2)7-3-4-10(9,6-14(12)13)8(11)5-7/h7H,3-6H2,1-2H3,(H,12,13)/t7-,10+/m0/s1. The van der Waals surface area contributed by atoms with Crippen LogP contribution < -0.4 is 0 Å². The fraction of sp³-hybridized carbons (Fsp3) is 0.900. The van der Waals surface area contributed by atoms with Crippen LogP contribution in [0.1, 0.15) is 33.1 Å². The third-order valence-corrected chi connectivity index (χ3v) is 5.25. The van der Waals surface area contributed by atoms with Gasteiger partial charge in [0.15, 0.2) is 11.1 Å². The van der Waals surface area contributed by atoms with Crippen molar-refractivity contribution in [2.75, 3.05) is 5.75 Å². The quantitative estimate of drug-likeness (QED) is 0.713. The Balaban J connectivity index is 2.39. The first-order valence-corrected chi connectivity index (χ1v) is 6.28. The van der Waals surface area contributed by atoms with Gasteiger partial charge in [-0.2, -0.15) is 0 Å². The van der Waals surface area contributed by atoms with Gasteiger partial charge in [0, 0.05) is 11.8 Å². The molecule has 1 unspecified atom stereocenters. The molecule has 0 heterocycles. The minimum Gasteiger partial charge on any atom is -0.306 e. The van der Waals surface area contributed by atoms with Crippen molar-refractivity contribution < 1.29 is 13.6 Å². The van der Waals surface area contributed by atoms with Crippen LogP contribution >= 0.6 is 0 Å². The first-order chi connectivity index (χ1) is 6.40. The maximum atomic E-state index is 11.9. The number of fused-ring (bicyclic) bond motifs is 2. The van der Waals surface area contributed by atoms with Crippen molar-refractivity contribution in [1.29, 1.82) is 0 Å². The molecule has 80 valence electrons. The van der Waals surface area contributed by atoms with Gasteiger partial charge in [-0.1, -0.05) is 13.8 Å². The molecule has 3 nitrogen and oxygen atoms in total. The fourth-order valence-corrected chi connectivity index (χ4v) is 4.42. The van der Waals surface area contributed by atoms with Gasteiger partial charge in [-0.05, 0) is 24.2 Å². The SMILES string of the molecule is CC1(C)[C@H]2CC[C@@]1(CS(=O)O)C(=O)C2. The lowest BCUT2D eigenvalue weighted by molar-refractivity contribution is -0.128. The summed E-state index contributed by atoms with van der Waals surface area (Å²) >= 11 is -1.86. The van der Waals surface area contributed by atoms with Gasteiger partial charge >= 0.3 is 0 Å². The van der Waals surface area contributed by atoms with E-state index in [9.17, 15) is 9.00 Å². The van der Waals surface area contributed by atoms with E-state index in [-0.39, 0.29) is 17.0 Å². The predicted molar refractivity (Wildman–Crippen MR) is 54.2 cm³/mol. The van der Waals surface area contributed by atoms with Gasteiger partial charge in [0.2, 0.25) is 0 Å². The summed E-state index contributed by atoms with van der Waals surface area (Å²) in [5, 5.41) is 0. The minimum atomic E-state index is -1.86. The number of carbonyl (C=O) groups is 1. The molecular formula is C10H16O3S. The lowest BCUT2D eigenvalue weighted by Crippen LogP contribution is -2.40. The Morgan fingerprint density at radius 1 is 1.57 bits per heavy atom. The molecule has 14 heavy (non-hydrogen) atoms. The molecule has 0 aromatic heterocycles. The van der Waals surface area contributed by atoms with Crippen molar-refractivity contribution in [1.82, 2.24) is 0 Å². The first-order valence-electron chi connectivity index (χ1n) is 5.01. The normalized spacial score (nSPS) is 41.6. The molecular weight excluding hydrogens is 200 g/mol. The summed E-state index contributed by atoms with van der Waals surface area (Å²) in [6.07, 6.45) is 2.45. The molecule has 2 fully saturated rings. The maximum absolute atomic E-state index is 11.9. The molecule has 2 rings (SSSR count). The Kier molecular flexibility index (Phi) is 2.13. The van der Waals surface area contributed by atoms with E-state index in [4.69, 9.17) is 4.55 Å². The molecule has 0 saturated heterocycles. The van der Waals surface area contributed by atoms with E-state index in [1.807, 2.05) is 0 Å². The molecule has 3 atom stereocenters. The Hall–Kier alpha value is -0.220.